The van der Waals surface area contributed by atoms with Gasteiger partial charge in [0.25, 0.3) is 0 Å². The van der Waals surface area contributed by atoms with E-state index in [1.807, 2.05) is 57.3 Å². The molecule has 2 N–H and O–H groups in total. The summed E-state index contributed by atoms with van der Waals surface area (Å²) in [7, 11) is 2.04. The average Bonchev–Trinajstić information content (AvgIpc) is 2.79. The van der Waals surface area contributed by atoms with Gasteiger partial charge < -0.3 is 23.9 Å². The summed E-state index contributed by atoms with van der Waals surface area (Å²) in [5, 5.41) is 10.8. The molecule has 0 saturated heterocycles. The van der Waals surface area contributed by atoms with E-state index in [9.17, 15) is 9.90 Å². The Balaban J connectivity index is 1.38. The van der Waals surface area contributed by atoms with Crippen LogP contribution in [0.5, 0.6) is 17.2 Å². The van der Waals surface area contributed by atoms with Crippen LogP contribution in [-0.2, 0) is 6.54 Å². The monoisotopic (exact) mass is 460 g/mol. The van der Waals surface area contributed by atoms with Gasteiger partial charge in [-0.25, -0.2) is 0 Å². The number of hydrogen-bond acceptors (Lipinski definition) is 5. The minimum absolute atomic E-state index is 0.131. The Labute approximate surface area is 199 Å². The molecule has 0 fully saturated rings. The molecule has 3 aromatic carbocycles. The van der Waals surface area contributed by atoms with Crippen molar-refractivity contribution in [3.8, 4) is 17.2 Å². The Kier molecular flexibility index (Phi) is 7.30. The summed E-state index contributed by atoms with van der Waals surface area (Å²) >= 11 is 0. The van der Waals surface area contributed by atoms with Crippen molar-refractivity contribution >= 4 is 11.0 Å². The van der Waals surface area contributed by atoms with E-state index in [0.29, 0.717) is 29.0 Å². The van der Waals surface area contributed by atoms with Crippen molar-refractivity contribution in [2.24, 2.45) is 0 Å². The zero-order valence-corrected chi connectivity index (χ0v) is 19.7. The first-order valence-corrected chi connectivity index (χ1v) is 11.3. The molecular formula is C28H30NO5+. The van der Waals surface area contributed by atoms with Gasteiger partial charge in [-0.1, -0.05) is 36.4 Å². The van der Waals surface area contributed by atoms with E-state index >= 15 is 0 Å². The number of rotatable bonds is 9. The molecule has 0 aliphatic carbocycles. The quantitative estimate of drug-likeness (QED) is 0.399. The molecule has 0 radical (unpaired) electrons. The van der Waals surface area contributed by atoms with Crippen LogP contribution in [0.15, 0.2) is 82.2 Å². The predicted octanol–water partition coefficient (Wildman–Crippen LogP) is 3.66. The summed E-state index contributed by atoms with van der Waals surface area (Å²) in [5.74, 6) is 1.25. The third-order valence-electron chi connectivity index (χ3n) is 5.51. The fourth-order valence-corrected chi connectivity index (χ4v) is 4.04. The maximum Gasteiger partial charge on any atom is 0.235 e. The van der Waals surface area contributed by atoms with Crippen molar-refractivity contribution < 1.29 is 23.9 Å². The number of likely N-dealkylation sites (N-methyl/N-ethyl adjacent to an activating group) is 1. The van der Waals surface area contributed by atoms with Crippen molar-refractivity contribution in [1.29, 1.82) is 0 Å². The summed E-state index contributed by atoms with van der Waals surface area (Å²) in [6, 6.07) is 21.0. The molecule has 6 nitrogen and oxygen atoms in total. The molecule has 0 saturated carbocycles. The Bertz CT molecular complexity index is 1300. The third-order valence-corrected chi connectivity index (χ3v) is 5.51. The molecule has 2 atom stereocenters. The summed E-state index contributed by atoms with van der Waals surface area (Å²) in [5.41, 5.74) is 3.47. The number of benzene rings is 3. The minimum atomic E-state index is -0.625. The third kappa shape index (κ3) is 6.04. The molecule has 0 aliphatic heterocycles. The van der Waals surface area contributed by atoms with Crippen LogP contribution in [0.1, 0.15) is 16.7 Å². The first-order valence-electron chi connectivity index (χ1n) is 11.3. The smallest absolute Gasteiger partial charge is 0.235 e. The molecular weight excluding hydrogens is 430 g/mol. The predicted molar refractivity (Wildman–Crippen MR) is 132 cm³/mol. The molecule has 0 aliphatic rings. The van der Waals surface area contributed by atoms with Crippen molar-refractivity contribution in [3.05, 3.63) is 99.9 Å². The van der Waals surface area contributed by atoms with E-state index in [0.717, 1.165) is 17.7 Å². The SMILES string of the molecule is Cc1cc(C)cc(Oc2coc3cc(OCC(O)C[NH+](C)Cc4ccccc4)ccc3c2=O)c1. The Hall–Kier alpha value is -3.61. The highest BCUT2D eigenvalue weighted by atomic mass is 16.5. The van der Waals surface area contributed by atoms with E-state index in [-0.39, 0.29) is 17.8 Å². The molecule has 34 heavy (non-hydrogen) atoms. The fourth-order valence-electron chi connectivity index (χ4n) is 4.04. The summed E-state index contributed by atoms with van der Waals surface area (Å²) in [6.07, 6.45) is 0.697. The van der Waals surface area contributed by atoms with Gasteiger partial charge in [0, 0.05) is 11.6 Å². The highest BCUT2D eigenvalue weighted by Crippen LogP contribution is 2.25. The van der Waals surface area contributed by atoms with Crippen molar-refractivity contribution in [2.75, 3.05) is 20.2 Å². The first-order chi connectivity index (χ1) is 16.4. The maximum atomic E-state index is 12.9. The zero-order chi connectivity index (χ0) is 24.1. The number of fused-ring (bicyclic) bond motifs is 1. The van der Waals surface area contributed by atoms with Crippen LogP contribution < -0.4 is 19.8 Å². The lowest BCUT2D eigenvalue weighted by Gasteiger charge is -2.18. The highest BCUT2D eigenvalue weighted by Gasteiger charge is 2.14. The van der Waals surface area contributed by atoms with Gasteiger partial charge in [-0.05, 0) is 49.2 Å². The number of hydrogen-bond donors (Lipinski definition) is 2. The Morgan fingerprint density at radius 1 is 0.971 bits per heavy atom. The lowest BCUT2D eigenvalue weighted by atomic mass is 10.1. The molecule has 4 aromatic rings. The second kappa shape index (κ2) is 10.5. The van der Waals surface area contributed by atoms with Gasteiger partial charge in [0.05, 0.1) is 12.4 Å². The van der Waals surface area contributed by atoms with Crippen LogP contribution in [0, 0.1) is 13.8 Å². The highest BCUT2D eigenvalue weighted by molar-refractivity contribution is 5.79. The summed E-state index contributed by atoms with van der Waals surface area (Å²) in [6.45, 7) is 5.48. The lowest BCUT2D eigenvalue weighted by molar-refractivity contribution is -0.897. The van der Waals surface area contributed by atoms with Gasteiger partial charge in [0.1, 0.15) is 49.1 Å². The first kappa shape index (κ1) is 23.5. The molecule has 0 spiro atoms. The number of quaternary nitrogens is 1. The lowest BCUT2D eigenvalue weighted by Crippen LogP contribution is -3.09. The number of nitrogens with one attached hydrogen (secondary N) is 1. The molecule has 176 valence electrons. The van der Waals surface area contributed by atoms with Gasteiger partial charge in [0.15, 0.2) is 0 Å². The summed E-state index contributed by atoms with van der Waals surface area (Å²) < 4.78 is 17.2. The van der Waals surface area contributed by atoms with Crippen molar-refractivity contribution in [3.63, 3.8) is 0 Å². The number of aryl methyl sites for hydroxylation is 2. The van der Waals surface area contributed by atoms with Gasteiger partial charge >= 0.3 is 0 Å². The molecule has 0 amide bonds. The van der Waals surface area contributed by atoms with Crippen LogP contribution in [0.2, 0.25) is 0 Å². The van der Waals surface area contributed by atoms with Crippen LogP contribution in [0.3, 0.4) is 0 Å². The molecule has 1 aromatic heterocycles. The normalized spacial score (nSPS) is 12.9. The molecule has 6 heteroatoms. The van der Waals surface area contributed by atoms with Crippen LogP contribution in [-0.4, -0.2) is 31.4 Å². The number of ether oxygens (including phenoxy) is 2. The van der Waals surface area contributed by atoms with E-state index < -0.39 is 6.10 Å². The van der Waals surface area contributed by atoms with Crippen molar-refractivity contribution in [2.45, 2.75) is 26.5 Å². The van der Waals surface area contributed by atoms with Crippen molar-refractivity contribution in [1.82, 2.24) is 0 Å². The van der Waals surface area contributed by atoms with E-state index in [4.69, 9.17) is 13.9 Å². The topological polar surface area (TPSA) is 73.3 Å². The van der Waals surface area contributed by atoms with Gasteiger partial charge in [-0.2, -0.15) is 0 Å². The molecule has 1 heterocycles. The van der Waals surface area contributed by atoms with E-state index in [1.165, 1.54) is 16.7 Å². The number of aliphatic hydroxyl groups excluding tert-OH is 1. The van der Waals surface area contributed by atoms with Gasteiger partial charge in [-0.3, -0.25) is 4.79 Å². The van der Waals surface area contributed by atoms with Gasteiger partial charge in [-0.15, -0.1) is 0 Å². The Morgan fingerprint density at radius 2 is 1.71 bits per heavy atom. The molecule has 0 bridgehead atoms. The molecule has 2 unspecified atom stereocenters. The summed E-state index contributed by atoms with van der Waals surface area (Å²) in [4.78, 5) is 14.1. The Morgan fingerprint density at radius 3 is 2.44 bits per heavy atom. The van der Waals surface area contributed by atoms with Crippen LogP contribution in [0.25, 0.3) is 11.0 Å². The van der Waals surface area contributed by atoms with Crippen LogP contribution >= 0.6 is 0 Å². The number of aliphatic hydroxyl groups is 1. The zero-order valence-electron chi connectivity index (χ0n) is 19.7. The standard InChI is InChI=1S/C28H29NO5/c1-19-11-20(2)13-24(12-19)34-27-18-33-26-14-23(9-10-25(26)28(27)31)32-17-22(30)16-29(3)15-21-7-5-4-6-8-21/h4-14,18,22,30H,15-17H2,1-3H3/p+1. The minimum Gasteiger partial charge on any atom is -0.491 e. The second-order valence-corrected chi connectivity index (χ2v) is 8.80. The van der Waals surface area contributed by atoms with E-state index in [1.54, 1.807) is 18.2 Å². The maximum absolute atomic E-state index is 12.9. The largest absolute Gasteiger partial charge is 0.491 e. The van der Waals surface area contributed by atoms with Crippen LogP contribution in [0.4, 0.5) is 0 Å². The molecule has 4 rings (SSSR count). The average molecular weight is 461 g/mol. The fraction of sp³-hybridized carbons (Fsp3) is 0.250. The van der Waals surface area contributed by atoms with Gasteiger partial charge in [0.2, 0.25) is 11.2 Å². The second-order valence-electron chi connectivity index (χ2n) is 8.80. The van der Waals surface area contributed by atoms with E-state index in [2.05, 4.69) is 12.1 Å².